The van der Waals surface area contributed by atoms with E-state index < -0.39 is 0 Å². The molecule has 0 bridgehead atoms. The Balaban J connectivity index is 1.64. The molecule has 0 aliphatic carbocycles. The van der Waals surface area contributed by atoms with Gasteiger partial charge in [0.15, 0.2) is 6.17 Å². The van der Waals surface area contributed by atoms with E-state index in [9.17, 15) is 0 Å². The van der Waals surface area contributed by atoms with Gasteiger partial charge in [0, 0.05) is 26.2 Å². The molecular formula is C18H25N4+. The molecule has 0 aromatic heterocycles. The van der Waals surface area contributed by atoms with Crippen molar-refractivity contribution in [3.8, 4) is 0 Å². The second-order valence-corrected chi connectivity index (χ2v) is 6.63. The first kappa shape index (κ1) is 14.0. The minimum Gasteiger partial charge on any atom is -0.336 e. The number of benzene rings is 1. The summed E-state index contributed by atoms with van der Waals surface area (Å²) in [6, 6.07) is 11.4. The Morgan fingerprint density at radius 2 is 1.86 bits per heavy atom. The van der Waals surface area contributed by atoms with Crippen molar-refractivity contribution in [3.63, 3.8) is 0 Å². The van der Waals surface area contributed by atoms with Gasteiger partial charge in [-0.3, -0.25) is 4.90 Å². The number of nitrogens with one attached hydrogen (secondary N) is 1. The molecule has 1 aromatic carbocycles. The molecule has 3 heterocycles. The maximum Gasteiger partial charge on any atom is 0.190 e. The average Bonchev–Trinajstić information content (AvgIpc) is 3.02. The lowest BCUT2D eigenvalue weighted by Gasteiger charge is -2.47. The van der Waals surface area contributed by atoms with E-state index in [0.29, 0.717) is 12.2 Å². The molecule has 0 saturated carbocycles. The largest absolute Gasteiger partial charge is 0.336 e. The van der Waals surface area contributed by atoms with Crippen molar-refractivity contribution in [1.82, 2.24) is 19.6 Å². The molecule has 1 saturated heterocycles. The fraction of sp³-hybridized carbons (Fsp3) is 0.444. The smallest absolute Gasteiger partial charge is 0.190 e. The van der Waals surface area contributed by atoms with Crippen LogP contribution in [0.15, 0.2) is 54.9 Å². The summed E-state index contributed by atoms with van der Waals surface area (Å²) in [5, 5.41) is 3.64. The Hall–Kier alpha value is -1.62. The second-order valence-electron chi connectivity index (χ2n) is 6.63. The number of fused-ring (bicyclic) bond motifs is 1. The molecule has 1 fully saturated rings. The second kappa shape index (κ2) is 5.54. The van der Waals surface area contributed by atoms with Crippen molar-refractivity contribution < 1.29 is 0 Å². The Bertz CT molecular complexity index is 574. The molecule has 3 unspecified atom stereocenters. The molecule has 3 atom stereocenters. The average molecular weight is 297 g/mol. The van der Waals surface area contributed by atoms with Gasteiger partial charge in [-0.2, -0.15) is 0 Å². The van der Waals surface area contributed by atoms with Crippen molar-refractivity contribution in [2.45, 2.75) is 12.2 Å². The van der Waals surface area contributed by atoms with E-state index >= 15 is 0 Å². The van der Waals surface area contributed by atoms with Gasteiger partial charge in [0.2, 0.25) is 0 Å². The number of hydrogen-bond acceptors (Lipinski definition) is 3. The van der Waals surface area contributed by atoms with Crippen LogP contribution in [0.2, 0.25) is 0 Å². The summed E-state index contributed by atoms with van der Waals surface area (Å²) in [6.45, 7) is 5.66. The van der Waals surface area contributed by atoms with Crippen LogP contribution in [-0.4, -0.2) is 61.8 Å². The number of likely N-dealkylation sites (N-methyl/N-ethyl adjacent to an activating group) is 1. The Labute approximate surface area is 132 Å². The van der Waals surface area contributed by atoms with Crippen molar-refractivity contribution in [2.24, 2.45) is 0 Å². The Kier molecular flexibility index (Phi) is 3.53. The summed E-state index contributed by atoms with van der Waals surface area (Å²) in [5.74, 6) is 0. The van der Waals surface area contributed by atoms with E-state index in [-0.39, 0.29) is 0 Å². The van der Waals surface area contributed by atoms with Crippen molar-refractivity contribution in [2.75, 3.05) is 39.8 Å². The highest BCUT2D eigenvalue weighted by atomic mass is 15.5. The molecule has 4 nitrogen and oxygen atoms in total. The molecule has 3 aliphatic heterocycles. The van der Waals surface area contributed by atoms with Crippen LogP contribution in [0.5, 0.6) is 0 Å². The molecule has 4 heteroatoms. The number of nitrogens with zero attached hydrogens (tertiary/aromatic N) is 3. The standard InChI is InChI=1S/C18H25N4/c1-20-10-12-21(13-11-20)17-8-5-14-22(15-9-19-18(17)22)16-6-3-2-4-7-16/h2-9,15,17-19H,10-14H2,1H3/q+1. The lowest BCUT2D eigenvalue weighted by atomic mass is 10.0. The quantitative estimate of drug-likeness (QED) is 0.660. The predicted molar refractivity (Wildman–Crippen MR) is 91.2 cm³/mol. The fourth-order valence-corrected chi connectivity index (χ4v) is 4.02. The van der Waals surface area contributed by atoms with Crippen LogP contribution in [0.3, 0.4) is 0 Å². The summed E-state index contributed by atoms with van der Waals surface area (Å²) in [7, 11) is 2.22. The molecule has 1 aromatic rings. The Morgan fingerprint density at radius 1 is 1.09 bits per heavy atom. The number of quaternary nitrogens is 1. The topological polar surface area (TPSA) is 18.5 Å². The fourth-order valence-electron chi connectivity index (χ4n) is 4.02. The molecule has 1 N–H and O–H groups in total. The molecule has 3 aliphatic rings. The van der Waals surface area contributed by atoms with Gasteiger partial charge in [0.1, 0.15) is 24.5 Å². The molecule has 0 radical (unpaired) electrons. The van der Waals surface area contributed by atoms with Crippen molar-refractivity contribution >= 4 is 5.69 Å². The monoisotopic (exact) mass is 297 g/mol. The summed E-state index contributed by atoms with van der Waals surface area (Å²) in [4.78, 5) is 5.05. The van der Waals surface area contributed by atoms with Crippen LogP contribution < -0.4 is 9.80 Å². The zero-order valence-corrected chi connectivity index (χ0v) is 13.2. The van der Waals surface area contributed by atoms with Crippen LogP contribution in [-0.2, 0) is 0 Å². The predicted octanol–water partition coefficient (Wildman–Crippen LogP) is 1.58. The molecule has 22 heavy (non-hydrogen) atoms. The van der Waals surface area contributed by atoms with E-state index in [2.05, 4.69) is 77.0 Å². The summed E-state index contributed by atoms with van der Waals surface area (Å²) in [5.41, 5.74) is 1.37. The van der Waals surface area contributed by atoms with Gasteiger partial charge in [-0.1, -0.05) is 24.3 Å². The lowest BCUT2D eigenvalue weighted by Crippen LogP contribution is -2.66. The van der Waals surface area contributed by atoms with E-state index in [1.165, 1.54) is 5.69 Å². The first-order chi connectivity index (χ1) is 10.8. The lowest BCUT2D eigenvalue weighted by molar-refractivity contribution is 0.0821. The minimum absolute atomic E-state index is 0.385. The van der Waals surface area contributed by atoms with E-state index in [0.717, 1.165) is 37.2 Å². The Morgan fingerprint density at radius 3 is 2.64 bits per heavy atom. The highest BCUT2D eigenvalue weighted by Crippen LogP contribution is 2.35. The molecule has 0 amide bonds. The summed E-state index contributed by atoms with van der Waals surface area (Å²) < 4.78 is 0.897. The molecule has 0 spiro atoms. The van der Waals surface area contributed by atoms with Gasteiger partial charge in [-0.25, -0.2) is 4.48 Å². The van der Waals surface area contributed by atoms with Gasteiger partial charge < -0.3 is 10.2 Å². The van der Waals surface area contributed by atoms with Gasteiger partial charge >= 0.3 is 0 Å². The first-order valence-electron chi connectivity index (χ1n) is 8.26. The zero-order chi connectivity index (χ0) is 15.0. The van der Waals surface area contributed by atoms with Crippen LogP contribution in [0.1, 0.15) is 0 Å². The summed E-state index contributed by atoms with van der Waals surface area (Å²) in [6.07, 6.45) is 9.63. The van der Waals surface area contributed by atoms with Crippen LogP contribution in [0.4, 0.5) is 5.69 Å². The van der Waals surface area contributed by atoms with Crippen molar-refractivity contribution in [3.05, 3.63) is 54.9 Å². The highest BCUT2D eigenvalue weighted by Gasteiger charge is 2.48. The van der Waals surface area contributed by atoms with Gasteiger partial charge in [-0.05, 0) is 25.3 Å². The zero-order valence-electron chi connectivity index (χ0n) is 13.2. The SMILES string of the molecule is CN1CCN(C2C=CC[N+]3(c4ccccc4)C=CNC23)CC1. The molecule has 116 valence electrons. The third kappa shape index (κ3) is 2.19. The molecule has 4 rings (SSSR count). The third-order valence-corrected chi connectivity index (χ3v) is 5.36. The number of piperazine rings is 1. The van der Waals surface area contributed by atoms with Crippen LogP contribution in [0, 0.1) is 0 Å². The maximum atomic E-state index is 3.64. The summed E-state index contributed by atoms with van der Waals surface area (Å²) >= 11 is 0. The van der Waals surface area contributed by atoms with Crippen LogP contribution >= 0.6 is 0 Å². The first-order valence-corrected chi connectivity index (χ1v) is 8.26. The third-order valence-electron chi connectivity index (χ3n) is 5.36. The van der Waals surface area contributed by atoms with E-state index in [1.54, 1.807) is 0 Å². The number of rotatable bonds is 2. The van der Waals surface area contributed by atoms with Gasteiger partial charge in [0.05, 0.1) is 6.20 Å². The van der Waals surface area contributed by atoms with Crippen molar-refractivity contribution in [1.29, 1.82) is 0 Å². The maximum absolute atomic E-state index is 3.64. The minimum atomic E-state index is 0.385. The number of para-hydroxylation sites is 1. The van der Waals surface area contributed by atoms with Gasteiger partial charge in [0.25, 0.3) is 0 Å². The number of hydrogen-bond donors (Lipinski definition) is 1. The van der Waals surface area contributed by atoms with E-state index in [4.69, 9.17) is 0 Å². The van der Waals surface area contributed by atoms with Gasteiger partial charge in [-0.15, -0.1) is 0 Å². The van der Waals surface area contributed by atoms with Crippen LogP contribution in [0.25, 0.3) is 0 Å². The molecular weight excluding hydrogens is 272 g/mol. The highest BCUT2D eigenvalue weighted by molar-refractivity contribution is 5.49. The normalized spacial score (nSPS) is 35.3. The van der Waals surface area contributed by atoms with E-state index in [1.807, 2.05) is 0 Å².